The Morgan fingerprint density at radius 1 is 1.00 bits per heavy atom. The number of para-hydroxylation sites is 1. The number of hydrogen-bond donors (Lipinski definition) is 2. The summed E-state index contributed by atoms with van der Waals surface area (Å²) in [6.07, 6.45) is 0. The van der Waals surface area contributed by atoms with Crippen LogP contribution in [0.1, 0.15) is 50.3 Å². The lowest BCUT2D eigenvalue weighted by molar-refractivity contribution is -0.124. The summed E-state index contributed by atoms with van der Waals surface area (Å²) in [7, 11) is 0. The second-order valence-electron chi connectivity index (χ2n) is 9.72. The van der Waals surface area contributed by atoms with Crippen LogP contribution >= 0.6 is 11.3 Å². The fourth-order valence-corrected chi connectivity index (χ4v) is 4.88. The van der Waals surface area contributed by atoms with Crippen molar-refractivity contribution in [2.24, 2.45) is 5.41 Å². The lowest BCUT2D eigenvalue weighted by Gasteiger charge is -2.37. The molecular formula is C27H26N4O3S. The highest BCUT2D eigenvalue weighted by Crippen LogP contribution is 2.52. The number of rotatable bonds is 5. The number of nitrogens with zero attached hydrogens (tertiary/aromatic N) is 3. The molecular weight excluding hydrogens is 460 g/mol. The molecule has 0 aliphatic carbocycles. The molecule has 1 amide bonds. The van der Waals surface area contributed by atoms with E-state index in [4.69, 9.17) is 9.72 Å². The molecule has 1 atom stereocenters. The Bertz CT molecular complexity index is 1380. The van der Waals surface area contributed by atoms with E-state index < -0.39 is 11.0 Å². The van der Waals surface area contributed by atoms with Crippen LogP contribution in [-0.4, -0.2) is 26.2 Å². The van der Waals surface area contributed by atoms with Gasteiger partial charge in [-0.25, -0.2) is 4.98 Å². The minimum absolute atomic E-state index is 0.159. The van der Waals surface area contributed by atoms with Crippen molar-refractivity contribution in [3.05, 3.63) is 82.9 Å². The van der Waals surface area contributed by atoms with Gasteiger partial charge in [-0.05, 0) is 31.5 Å². The van der Waals surface area contributed by atoms with E-state index in [-0.39, 0.29) is 11.8 Å². The van der Waals surface area contributed by atoms with Gasteiger partial charge in [0.2, 0.25) is 16.9 Å². The van der Waals surface area contributed by atoms with E-state index in [0.29, 0.717) is 16.8 Å². The maximum absolute atomic E-state index is 13.4. The molecule has 1 aliphatic rings. The average molecular weight is 487 g/mol. The summed E-state index contributed by atoms with van der Waals surface area (Å²) in [5.74, 6) is 0.723. The van der Waals surface area contributed by atoms with E-state index >= 15 is 0 Å². The number of aliphatic hydroxyl groups is 1. The summed E-state index contributed by atoms with van der Waals surface area (Å²) in [6, 6.07) is 19.4. The summed E-state index contributed by atoms with van der Waals surface area (Å²) >= 11 is 1.28. The van der Waals surface area contributed by atoms with Crippen molar-refractivity contribution in [3.63, 3.8) is 0 Å². The van der Waals surface area contributed by atoms with Gasteiger partial charge in [0.05, 0.1) is 16.7 Å². The van der Waals surface area contributed by atoms with E-state index in [1.54, 1.807) is 19.4 Å². The molecule has 0 saturated heterocycles. The van der Waals surface area contributed by atoms with E-state index in [2.05, 4.69) is 15.5 Å². The van der Waals surface area contributed by atoms with Gasteiger partial charge in [-0.2, -0.15) is 0 Å². The molecule has 1 unspecified atom stereocenters. The van der Waals surface area contributed by atoms with Crippen LogP contribution in [0.2, 0.25) is 0 Å². The zero-order valence-electron chi connectivity index (χ0n) is 19.9. The molecule has 0 bridgehead atoms. The third kappa shape index (κ3) is 4.31. The maximum atomic E-state index is 13.4. The lowest BCUT2D eigenvalue weighted by atomic mass is 9.69. The fraction of sp³-hybridized carbons (Fsp3) is 0.259. The normalized spacial score (nSPS) is 15.1. The van der Waals surface area contributed by atoms with Crippen molar-refractivity contribution in [2.45, 2.75) is 39.2 Å². The van der Waals surface area contributed by atoms with Crippen molar-refractivity contribution in [3.8, 4) is 22.9 Å². The molecule has 8 heteroatoms. The van der Waals surface area contributed by atoms with Gasteiger partial charge in [0.25, 0.3) is 0 Å². The Morgan fingerprint density at radius 2 is 1.74 bits per heavy atom. The van der Waals surface area contributed by atoms with Crippen molar-refractivity contribution in [2.75, 3.05) is 5.32 Å². The van der Waals surface area contributed by atoms with Crippen LogP contribution in [-0.2, 0) is 10.4 Å². The first-order chi connectivity index (χ1) is 16.6. The molecule has 5 rings (SSSR count). The van der Waals surface area contributed by atoms with E-state index in [0.717, 1.165) is 27.9 Å². The van der Waals surface area contributed by atoms with Gasteiger partial charge < -0.3 is 15.2 Å². The van der Waals surface area contributed by atoms with E-state index in [9.17, 15) is 9.90 Å². The van der Waals surface area contributed by atoms with Crippen LogP contribution in [0.3, 0.4) is 0 Å². The summed E-state index contributed by atoms with van der Waals surface area (Å²) in [5.41, 5.74) is 4.10. The zero-order valence-corrected chi connectivity index (χ0v) is 20.8. The highest BCUT2D eigenvalue weighted by Gasteiger charge is 2.44. The number of anilines is 1. The molecule has 7 nitrogen and oxygen atoms in total. The number of aromatic nitrogens is 3. The molecule has 3 heterocycles. The molecule has 2 aromatic carbocycles. The molecule has 35 heavy (non-hydrogen) atoms. The number of carbonyl (C=O) groups excluding carboxylic acids is 1. The van der Waals surface area contributed by atoms with Crippen LogP contribution in [0, 0.1) is 5.41 Å². The summed E-state index contributed by atoms with van der Waals surface area (Å²) in [6.45, 7) is 7.35. The number of benzene rings is 2. The van der Waals surface area contributed by atoms with E-state index in [1.165, 1.54) is 11.3 Å². The van der Waals surface area contributed by atoms with Crippen LogP contribution in [0.4, 0.5) is 5.13 Å². The Hall–Kier alpha value is -3.62. The summed E-state index contributed by atoms with van der Waals surface area (Å²) in [4.78, 5) is 18.2. The minimum atomic E-state index is -0.914. The van der Waals surface area contributed by atoms with Crippen LogP contribution in [0.15, 0.2) is 66.2 Å². The van der Waals surface area contributed by atoms with Crippen LogP contribution in [0.25, 0.3) is 11.3 Å². The summed E-state index contributed by atoms with van der Waals surface area (Å²) in [5, 5.41) is 21.4. The first kappa shape index (κ1) is 23.1. The number of fused-ring (bicyclic) bond motifs is 2. The molecule has 2 N–H and O–H groups in total. The van der Waals surface area contributed by atoms with Gasteiger partial charge in [0.15, 0.2) is 0 Å². The van der Waals surface area contributed by atoms with Crippen molar-refractivity contribution in [1.82, 2.24) is 15.2 Å². The number of ether oxygens (including phenoxy) is 1. The van der Waals surface area contributed by atoms with Gasteiger partial charge in [-0.3, -0.25) is 4.79 Å². The summed E-state index contributed by atoms with van der Waals surface area (Å²) < 4.78 is 6.23. The van der Waals surface area contributed by atoms with Gasteiger partial charge in [0.1, 0.15) is 11.3 Å². The molecule has 0 fully saturated rings. The minimum Gasteiger partial charge on any atom is -0.438 e. The number of hydrogen-bond acceptors (Lipinski definition) is 7. The van der Waals surface area contributed by atoms with Crippen LogP contribution < -0.4 is 10.1 Å². The SMILES string of the molecule is CC(C)(O)c1ccc(-c2ccc3c(n2)Oc2ccccc2C3C(C)(C)C(=O)Nc2nncs2)cc1. The second kappa shape index (κ2) is 8.55. The quantitative estimate of drug-likeness (QED) is 0.374. The fourth-order valence-electron chi connectivity index (χ4n) is 4.44. The molecule has 1 aliphatic heterocycles. The number of nitrogens with one attached hydrogen (secondary N) is 1. The zero-order chi connectivity index (χ0) is 24.8. The Morgan fingerprint density at radius 3 is 2.43 bits per heavy atom. The average Bonchev–Trinajstić information content (AvgIpc) is 3.34. The number of carbonyl (C=O) groups is 1. The molecule has 0 saturated carbocycles. The van der Waals surface area contributed by atoms with Gasteiger partial charge >= 0.3 is 0 Å². The molecule has 4 aromatic rings. The molecule has 178 valence electrons. The highest BCUT2D eigenvalue weighted by atomic mass is 32.1. The van der Waals surface area contributed by atoms with Gasteiger partial charge in [-0.15, -0.1) is 10.2 Å². The molecule has 0 spiro atoms. The first-order valence-corrected chi connectivity index (χ1v) is 12.2. The maximum Gasteiger partial charge on any atom is 0.232 e. The number of pyridine rings is 1. The molecule has 2 aromatic heterocycles. The van der Waals surface area contributed by atoms with Gasteiger partial charge in [0, 0.05) is 22.6 Å². The van der Waals surface area contributed by atoms with Crippen molar-refractivity contribution < 1.29 is 14.6 Å². The Balaban J connectivity index is 1.55. The van der Waals surface area contributed by atoms with Crippen molar-refractivity contribution >= 4 is 22.4 Å². The Kier molecular flexibility index (Phi) is 5.65. The van der Waals surface area contributed by atoms with Crippen LogP contribution in [0.5, 0.6) is 11.6 Å². The predicted molar refractivity (Wildman–Crippen MR) is 136 cm³/mol. The van der Waals surface area contributed by atoms with E-state index in [1.807, 2.05) is 74.5 Å². The lowest BCUT2D eigenvalue weighted by Crippen LogP contribution is -2.38. The smallest absolute Gasteiger partial charge is 0.232 e. The predicted octanol–water partition coefficient (Wildman–Crippen LogP) is 5.73. The monoisotopic (exact) mass is 486 g/mol. The second-order valence-corrected chi connectivity index (χ2v) is 10.6. The first-order valence-electron chi connectivity index (χ1n) is 11.3. The third-order valence-electron chi connectivity index (χ3n) is 6.41. The Labute approximate surface area is 207 Å². The number of amides is 1. The third-order valence-corrected chi connectivity index (χ3v) is 7.02. The topological polar surface area (TPSA) is 97.2 Å². The standard InChI is InChI=1S/C27H26N4O3S/c1-26(2,24(32)30-25-31-28-15-35-25)22-18-7-5-6-8-21(18)34-23-19(22)13-14-20(29-23)16-9-11-17(12-10-16)27(3,4)33/h5-15,22,33H,1-4H3,(H,30,31,32). The largest absolute Gasteiger partial charge is 0.438 e. The van der Waals surface area contributed by atoms with Gasteiger partial charge in [-0.1, -0.05) is 73.7 Å². The molecule has 0 radical (unpaired) electrons. The highest BCUT2D eigenvalue weighted by molar-refractivity contribution is 7.13. The van der Waals surface area contributed by atoms with Crippen molar-refractivity contribution in [1.29, 1.82) is 0 Å².